The molecule has 2 N–H and O–H groups in total. The first-order valence-corrected chi connectivity index (χ1v) is 8.22. The molecule has 0 aliphatic carbocycles. The van der Waals surface area contributed by atoms with E-state index in [1.54, 1.807) is 33.5 Å². The number of aromatic carboxylic acids is 1. The van der Waals surface area contributed by atoms with E-state index >= 15 is 0 Å². The maximum atomic E-state index is 12.1. The SMILES string of the molecule is COc1cc(OC)c(CCNC(=O)c2ccc(C(=O)O)s2)c(OC)c1. The molecule has 0 atom stereocenters. The van der Waals surface area contributed by atoms with Gasteiger partial charge in [-0.1, -0.05) is 0 Å². The van der Waals surface area contributed by atoms with Gasteiger partial charge in [0.05, 0.1) is 26.2 Å². The Bertz CT molecular complexity index is 745. The smallest absolute Gasteiger partial charge is 0.345 e. The Labute approximate surface area is 149 Å². The monoisotopic (exact) mass is 365 g/mol. The minimum Gasteiger partial charge on any atom is -0.496 e. The zero-order chi connectivity index (χ0) is 18.4. The summed E-state index contributed by atoms with van der Waals surface area (Å²) >= 11 is 0.938. The molecule has 1 amide bonds. The van der Waals surface area contributed by atoms with Crippen LogP contribution in [0.15, 0.2) is 24.3 Å². The van der Waals surface area contributed by atoms with Crippen molar-refractivity contribution in [3.05, 3.63) is 39.6 Å². The molecular formula is C17H19NO6S. The lowest BCUT2D eigenvalue weighted by molar-refractivity contribution is 0.0702. The van der Waals surface area contributed by atoms with Gasteiger partial charge in [0.1, 0.15) is 22.1 Å². The molecule has 2 aromatic rings. The third-order valence-electron chi connectivity index (χ3n) is 3.52. The van der Waals surface area contributed by atoms with Crippen molar-refractivity contribution in [1.82, 2.24) is 5.32 Å². The van der Waals surface area contributed by atoms with Crippen LogP contribution >= 0.6 is 11.3 Å². The predicted octanol–water partition coefficient (Wildman–Crippen LogP) is 2.44. The second-order valence-corrected chi connectivity index (χ2v) is 6.07. The number of benzene rings is 1. The van der Waals surface area contributed by atoms with E-state index < -0.39 is 5.97 Å². The van der Waals surface area contributed by atoms with Crippen molar-refractivity contribution >= 4 is 23.2 Å². The molecule has 0 spiro atoms. The van der Waals surface area contributed by atoms with Crippen LogP contribution in [0, 0.1) is 0 Å². The number of carbonyl (C=O) groups is 2. The average Bonchev–Trinajstić information content (AvgIpc) is 3.11. The number of amides is 1. The summed E-state index contributed by atoms with van der Waals surface area (Å²) in [5.74, 6) is 0.464. The highest BCUT2D eigenvalue weighted by Gasteiger charge is 2.15. The standard InChI is InChI=1S/C17H19NO6S/c1-22-10-8-12(23-2)11(13(9-10)24-3)6-7-18-16(19)14-4-5-15(25-14)17(20)21/h4-5,8-9H,6-7H2,1-3H3,(H,18,19)(H,20,21). The van der Waals surface area contributed by atoms with E-state index in [0.29, 0.717) is 35.1 Å². The van der Waals surface area contributed by atoms with E-state index in [-0.39, 0.29) is 10.8 Å². The molecule has 0 radical (unpaired) electrons. The molecule has 0 bridgehead atoms. The van der Waals surface area contributed by atoms with Crippen molar-refractivity contribution in [3.8, 4) is 17.2 Å². The Morgan fingerprint density at radius 1 is 1.04 bits per heavy atom. The van der Waals surface area contributed by atoms with Gasteiger partial charge in [-0.3, -0.25) is 4.79 Å². The van der Waals surface area contributed by atoms with Crippen LogP contribution in [0.4, 0.5) is 0 Å². The molecule has 0 aliphatic heterocycles. The summed E-state index contributed by atoms with van der Waals surface area (Å²) in [5, 5.41) is 11.7. The van der Waals surface area contributed by atoms with E-state index in [1.807, 2.05) is 0 Å². The summed E-state index contributed by atoms with van der Waals surface area (Å²) < 4.78 is 15.9. The molecule has 0 unspecified atom stereocenters. The van der Waals surface area contributed by atoms with Gasteiger partial charge in [-0.2, -0.15) is 0 Å². The van der Waals surface area contributed by atoms with Crippen molar-refractivity contribution in [3.63, 3.8) is 0 Å². The van der Waals surface area contributed by atoms with Gasteiger partial charge in [-0.25, -0.2) is 4.79 Å². The topological polar surface area (TPSA) is 94.1 Å². The van der Waals surface area contributed by atoms with Gasteiger partial charge < -0.3 is 24.6 Å². The molecule has 0 fully saturated rings. The van der Waals surface area contributed by atoms with E-state index in [1.165, 1.54) is 12.1 Å². The zero-order valence-electron chi connectivity index (χ0n) is 14.1. The number of carbonyl (C=O) groups excluding carboxylic acids is 1. The zero-order valence-corrected chi connectivity index (χ0v) is 14.9. The molecule has 134 valence electrons. The van der Waals surface area contributed by atoms with Crippen LogP contribution in [0.1, 0.15) is 24.9 Å². The lowest BCUT2D eigenvalue weighted by Gasteiger charge is -2.15. The van der Waals surface area contributed by atoms with Gasteiger partial charge in [-0.05, 0) is 18.6 Å². The maximum absolute atomic E-state index is 12.1. The Morgan fingerprint density at radius 2 is 1.64 bits per heavy atom. The Kier molecular flexibility index (Phi) is 6.24. The van der Waals surface area contributed by atoms with E-state index in [2.05, 4.69) is 5.32 Å². The first kappa shape index (κ1) is 18.6. The Balaban J connectivity index is 2.05. The van der Waals surface area contributed by atoms with Crippen LogP contribution < -0.4 is 19.5 Å². The third kappa shape index (κ3) is 4.42. The summed E-state index contributed by atoms with van der Waals surface area (Å²) in [5.41, 5.74) is 0.809. The number of ether oxygens (including phenoxy) is 3. The molecule has 0 aliphatic rings. The summed E-state index contributed by atoms with van der Waals surface area (Å²) in [4.78, 5) is 23.5. The molecule has 0 saturated heterocycles. The van der Waals surface area contributed by atoms with Crippen molar-refractivity contribution in [1.29, 1.82) is 0 Å². The summed E-state index contributed by atoms with van der Waals surface area (Å²) in [7, 11) is 4.66. The first-order chi connectivity index (χ1) is 12.0. The average molecular weight is 365 g/mol. The van der Waals surface area contributed by atoms with Gasteiger partial charge in [0.2, 0.25) is 0 Å². The molecule has 7 nitrogen and oxygen atoms in total. The summed E-state index contributed by atoms with van der Waals surface area (Å²) in [6.45, 7) is 0.345. The number of carboxylic acids is 1. The fraction of sp³-hybridized carbons (Fsp3) is 0.294. The normalized spacial score (nSPS) is 10.2. The second-order valence-electron chi connectivity index (χ2n) is 4.99. The van der Waals surface area contributed by atoms with Crippen LogP contribution in [0.25, 0.3) is 0 Å². The minimum absolute atomic E-state index is 0.128. The molecule has 25 heavy (non-hydrogen) atoms. The van der Waals surface area contributed by atoms with E-state index in [9.17, 15) is 9.59 Å². The molecule has 1 aromatic heterocycles. The fourth-order valence-electron chi connectivity index (χ4n) is 2.29. The lowest BCUT2D eigenvalue weighted by atomic mass is 10.1. The lowest BCUT2D eigenvalue weighted by Crippen LogP contribution is -2.25. The number of carboxylic acid groups (broad SMARTS) is 1. The van der Waals surface area contributed by atoms with Gasteiger partial charge in [0, 0.05) is 24.2 Å². The Hall–Kier alpha value is -2.74. The molecule has 2 rings (SSSR count). The van der Waals surface area contributed by atoms with E-state index in [0.717, 1.165) is 16.9 Å². The highest BCUT2D eigenvalue weighted by molar-refractivity contribution is 7.15. The van der Waals surface area contributed by atoms with Crippen molar-refractivity contribution < 1.29 is 28.9 Å². The molecule has 0 saturated carbocycles. The van der Waals surface area contributed by atoms with Crippen molar-refractivity contribution in [2.45, 2.75) is 6.42 Å². The molecule has 1 heterocycles. The highest BCUT2D eigenvalue weighted by atomic mass is 32.1. The van der Waals surface area contributed by atoms with Crippen LogP contribution in [0.5, 0.6) is 17.2 Å². The predicted molar refractivity (Wildman–Crippen MR) is 93.4 cm³/mol. The van der Waals surface area contributed by atoms with Crippen LogP contribution in [-0.4, -0.2) is 44.9 Å². The van der Waals surface area contributed by atoms with Gasteiger partial charge >= 0.3 is 5.97 Å². The second kappa shape index (κ2) is 8.39. The summed E-state index contributed by atoms with van der Waals surface area (Å²) in [6, 6.07) is 6.41. The van der Waals surface area contributed by atoms with Crippen LogP contribution in [-0.2, 0) is 6.42 Å². The maximum Gasteiger partial charge on any atom is 0.345 e. The highest BCUT2D eigenvalue weighted by Crippen LogP contribution is 2.34. The van der Waals surface area contributed by atoms with Gasteiger partial charge in [-0.15, -0.1) is 11.3 Å². The largest absolute Gasteiger partial charge is 0.496 e. The van der Waals surface area contributed by atoms with Gasteiger partial charge in [0.25, 0.3) is 5.91 Å². The van der Waals surface area contributed by atoms with Crippen LogP contribution in [0.2, 0.25) is 0 Å². The van der Waals surface area contributed by atoms with Gasteiger partial charge in [0.15, 0.2) is 0 Å². The number of thiophene rings is 1. The molecule has 1 aromatic carbocycles. The number of hydrogen-bond acceptors (Lipinski definition) is 6. The third-order valence-corrected chi connectivity index (χ3v) is 4.59. The molecular weight excluding hydrogens is 346 g/mol. The fourth-order valence-corrected chi connectivity index (χ4v) is 3.05. The number of methoxy groups -OCH3 is 3. The van der Waals surface area contributed by atoms with Crippen molar-refractivity contribution in [2.75, 3.05) is 27.9 Å². The Morgan fingerprint density at radius 3 is 2.12 bits per heavy atom. The van der Waals surface area contributed by atoms with E-state index in [4.69, 9.17) is 19.3 Å². The van der Waals surface area contributed by atoms with Crippen LogP contribution in [0.3, 0.4) is 0 Å². The summed E-state index contributed by atoms with van der Waals surface area (Å²) in [6.07, 6.45) is 0.485. The van der Waals surface area contributed by atoms with Crippen molar-refractivity contribution in [2.24, 2.45) is 0 Å². The number of rotatable bonds is 8. The molecule has 8 heteroatoms. The first-order valence-electron chi connectivity index (χ1n) is 7.40. The minimum atomic E-state index is -1.04. The number of hydrogen-bond donors (Lipinski definition) is 2. The quantitative estimate of drug-likeness (QED) is 0.746. The number of nitrogens with one attached hydrogen (secondary N) is 1.